The molecule has 1 unspecified atom stereocenters. The van der Waals surface area contributed by atoms with E-state index in [2.05, 4.69) is 31.0 Å². The van der Waals surface area contributed by atoms with E-state index in [4.69, 9.17) is 0 Å². The van der Waals surface area contributed by atoms with Crippen LogP contribution in [0.1, 0.15) is 27.2 Å². The Morgan fingerprint density at radius 2 is 2.11 bits per heavy atom. The molecule has 2 heterocycles. The summed E-state index contributed by atoms with van der Waals surface area (Å²) in [4.78, 5) is 16.5. The lowest BCUT2D eigenvalue weighted by molar-refractivity contribution is -0.137. The van der Waals surface area contributed by atoms with E-state index in [9.17, 15) is 4.79 Å². The summed E-state index contributed by atoms with van der Waals surface area (Å²) >= 11 is 0. The third-order valence-corrected chi connectivity index (χ3v) is 4.05. The summed E-state index contributed by atoms with van der Waals surface area (Å²) in [5.41, 5.74) is 0.362. The van der Waals surface area contributed by atoms with Crippen LogP contribution >= 0.6 is 12.4 Å². The number of carbonyl (C=O) groups is 1. The molecule has 1 atom stereocenters. The van der Waals surface area contributed by atoms with Crippen LogP contribution in [0.15, 0.2) is 0 Å². The molecule has 2 rings (SSSR count). The Morgan fingerprint density at radius 3 is 2.63 bits per heavy atom. The Labute approximate surface area is 123 Å². The first-order chi connectivity index (χ1) is 8.48. The Bertz CT molecular complexity index is 303. The molecule has 2 saturated heterocycles. The molecule has 0 aromatic rings. The number of amides is 1. The van der Waals surface area contributed by atoms with E-state index in [0.29, 0.717) is 23.8 Å². The number of nitrogens with zero attached hydrogens (tertiary/aromatic N) is 2. The highest BCUT2D eigenvalue weighted by molar-refractivity contribution is 5.85. The molecule has 0 aliphatic carbocycles. The largest absolute Gasteiger partial charge is 0.340 e. The topological polar surface area (TPSA) is 35.6 Å². The molecular formula is C14H28ClN3O. The molecule has 0 bridgehead atoms. The van der Waals surface area contributed by atoms with E-state index in [-0.39, 0.29) is 12.4 Å². The molecule has 0 radical (unpaired) electrons. The molecule has 0 spiro atoms. The SMILES string of the molecule is CC(C)CN1CCN(CC2(C)CCNC2)CC1=O.Cl. The van der Waals surface area contributed by atoms with Crippen molar-refractivity contribution in [2.75, 3.05) is 45.8 Å². The predicted octanol–water partition coefficient (Wildman–Crippen LogP) is 1.21. The minimum Gasteiger partial charge on any atom is -0.340 e. The molecule has 1 N–H and O–H groups in total. The Balaban J connectivity index is 0.00000180. The average Bonchev–Trinajstić information content (AvgIpc) is 2.68. The van der Waals surface area contributed by atoms with Crippen LogP contribution in [-0.2, 0) is 4.79 Å². The van der Waals surface area contributed by atoms with Gasteiger partial charge in [0.05, 0.1) is 6.54 Å². The van der Waals surface area contributed by atoms with Gasteiger partial charge >= 0.3 is 0 Å². The number of nitrogens with one attached hydrogen (secondary N) is 1. The number of piperazine rings is 1. The minimum absolute atomic E-state index is 0. The zero-order chi connectivity index (χ0) is 13.2. The monoisotopic (exact) mass is 289 g/mol. The fourth-order valence-corrected chi connectivity index (χ4v) is 3.07. The summed E-state index contributed by atoms with van der Waals surface area (Å²) in [5, 5.41) is 3.43. The summed E-state index contributed by atoms with van der Waals surface area (Å²) in [6, 6.07) is 0. The van der Waals surface area contributed by atoms with Crippen LogP contribution in [0.3, 0.4) is 0 Å². The molecule has 2 aliphatic heterocycles. The second kappa shape index (κ2) is 6.91. The zero-order valence-electron chi connectivity index (χ0n) is 12.4. The van der Waals surface area contributed by atoms with Gasteiger partial charge in [-0.1, -0.05) is 20.8 Å². The lowest BCUT2D eigenvalue weighted by Crippen LogP contribution is -2.53. The third kappa shape index (κ3) is 4.62. The van der Waals surface area contributed by atoms with Crippen molar-refractivity contribution in [2.24, 2.45) is 11.3 Å². The maximum atomic E-state index is 12.1. The van der Waals surface area contributed by atoms with E-state index in [1.165, 1.54) is 6.42 Å². The van der Waals surface area contributed by atoms with Gasteiger partial charge in [-0.15, -0.1) is 12.4 Å². The Kier molecular flexibility index (Phi) is 6.09. The molecular weight excluding hydrogens is 262 g/mol. The highest BCUT2D eigenvalue weighted by atomic mass is 35.5. The highest BCUT2D eigenvalue weighted by Crippen LogP contribution is 2.26. The molecule has 0 aromatic heterocycles. The number of carbonyl (C=O) groups excluding carboxylic acids is 1. The van der Waals surface area contributed by atoms with Crippen LogP contribution in [0.2, 0.25) is 0 Å². The summed E-state index contributed by atoms with van der Waals surface area (Å²) in [6.45, 7) is 13.4. The Morgan fingerprint density at radius 1 is 1.37 bits per heavy atom. The predicted molar refractivity (Wildman–Crippen MR) is 80.7 cm³/mol. The molecule has 4 nitrogen and oxygen atoms in total. The van der Waals surface area contributed by atoms with E-state index in [0.717, 1.165) is 39.3 Å². The van der Waals surface area contributed by atoms with Crippen LogP contribution in [0.25, 0.3) is 0 Å². The second-order valence-electron chi connectivity index (χ2n) is 6.68. The van der Waals surface area contributed by atoms with Gasteiger partial charge in [-0.25, -0.2) is 0 Å². The molecule has 1 amide bonds. The van der Waals surface area contributed by atoms with E-state index in [1.807, 2.05) is 4.90 Å². The normalized spacial score (nSPS) is 28.8. The van der Waals surface area contributed by atoms with Gasteiger partial charge in [0.1, 0.15) is 0 Å². The van der Waals surface area contributed by atoms with Crippen molar-refractivity contribution in [1.82, 2.24) is 15.1 Å². The van der Waals surface area contributed by atoms with Gasteiger partial charge < -0.3 is 10.2 Å². The van der Waals surface area contributed by atoms with Crippen molar-refractivity contribution < 1.29 is 4.79 Å². The minimum atomic E-state index is 0. The molecule has 2 fully saturated rings. The number of halogens is 1. The van der Waals surface area contributed by atoms with Crippen molar-refractivity contribution in [3.63, 3.8) is 0 Å². The Hall–Kier alpha value is -0.320. The second-order valence-corrected chi connectivity index (χ2v) is 6.68. The van der Waals surface area contributed by atoms with Crippen molar-refractivity contribution >= 4 is 18.3 Å². The van der Waals surface area contributed by atoms with Gasteiger partial charge in [-0.05, 0) is 24.3 Å². The van der Waals surface area contributed by atoms with Crippen LogP contribution in [0, 0.1) is 11.3 Å². The van der Waals surface area contributed by atoms with Gasteiger partial charge in [0.15, 0.2) is 0 Å². The fourth-order valence-electron chi connectivity index (χ4n) is 3.07. The van der Waals surface area contributed by atoms with Crippen LogP contribution in [0.4, 0.5) is 0 Å². The maximum absolute atomic E-state index is 12.1. The van der Waals surface area contributed by atoms with Crippen molar-refractivity contribution in [2.45, 2.75) is 27.2 Å². The van der Waals surface area contributed by atoms with Crippen LogP contribution < -0.4 is 5.32 Å². The van der Waals surface area contributed by atoms with Crippen molar-refractivity contribution in [1.29, 1.82) is 0 Å². The standard InChI is InChI=1S/C14H27N3O.ClH/c1-12(2)8-17-7-6-16(9-13(17)18)11-14(3)4-5-15-10-14;/h12,15H,4-11H2,1-3H3;1H. The zero-order valence-corrected chi connectivity index (χ0v) is 13.3. The first-order valence-corrected chi connectivity index (χ1v) is 7.19. The smallest absolute Gasteiger partial charge is 0.236 e. The fraction of sp³-hybridized carbons (Fsp3) is 0.929. The van der Waals surface area contributed by atoms with Gasteiger partial charge in [0.25, 0.3) is 0 Å². The number of rotatable bonds is 4. The van der Waals surface area contributed by atoms with Crippen molar-refractivity contribution in [3.8, 4) is 0 Å². The average molecular weight is 290 g/mol. The molecule has 2 aliphatic rings. The quantitative estimate of drug-likeness (QED) is 0.845. The maximum Gasteiger partial charge on any atom is 0.236 e. The number of hydrogen-bond donors (Lipinski definition) is 1. The summed E-state index contributed by atoms with van der Waals surface area (Å²) < 4.78 is 0. The number of hydrogen-bond acceptors (Lipinski definition) is 3. The molecule has 112 valence electrons. The first kappa shape index (κ1) is 16.7. The molecule has 0 aromatic carbocycles. The lowest BCUT2D eigenvalue weighted by Gasteiger charge is -2.38. The molecule has 19 heavy (non-hydrogen) atoms. The van der Waals surface area contributed by atoms with Gasteiger partial charge in [-0.3, -0.25) is 9.69 Å². The van der Waals surface area contributed by atoms with Crippen LogP contribution in [0.5, 0.6) is 0 Å². The first-order valence-electron chi connectivity index (χ1n) is 7.19. The van der Waals surface area contributed by atoms with Crippen LogP contribution in [-0.4, -0.2) is 61.5 Å². The molecule has 0 saturated carbocycles. The molecule has 5 heteroatoms. The highest BCUT2D eigenvalue weighted by Gasteiger charge is 2.33. The lowest BCUT2D eigenvalue weighted by atomic mass is 9.89. The summed E-state index contributed by atoms with van der Waals surface area (Å²) in [5.74, 6) is 0.876. The summed E-state index contributed by atoms with van der Waals surface area (Å²) in [6.07, 6.45) is 1.23. The van der Waals surface area contributed by atoms with E-state index >= 15 is 0 Å². The summed E-state index contributed by atoms with van der Waals surface area (Å²) in [7, 11) is 0. The van der Waals surface area contributed by atoms with E-state index < -0.39 is 0 Å². The van der Waals surface area contributed by atoms with E-state index in [1.54, 1.807) is 0 Å². The van der Waals surface area contributed by atoms with Crippen molar-refractivity contribution in [3.05, 3.63) is 0 Å². The third-order valence-electron chi connectivity index (χ3n) is 4.05. The van der Waals surface area contributed by atoms with Gasteiger partial charge in [0, 0.05) is 32.7 Å². The van der Waals surface area contributed by atoms with Gasteiger partial charge in [0.2, 0.25) is 5.91 Å². The van der Waals surface area contributed by atoms with Gasteiger partial charge in [-0.2, -0.15) is 0 Å².